The number of amides is 2. The molecule has 1 aliphatic heterocycles. The Morgan fingerprint density at radius 1 is 1.26 bits per heavy atom. The van der Waals surface area contributed by atoms with E-state index in [9.17, 15) is 9.59 Å². The van der Waals surface area contributed by atoms with Crippen LogP contribution in [0.5, 0.6) is 0 Å². The number of thioether (sulfide) groups is 1. The van der Waals surface area contributed by atoms with Gasteiger partial charge in [-0.2, -0.15) is 0 Å². The summed E-state index contributed by atoms with van der Waals surface area (Å²) in [5.41, 5.74) is 2.95. The maximum Gasteiger partial charge on any atom is 0.293 e. The first-order valence-corrected chi connectivity index (χ1v) is 8.20. The lowest BCUT2D eigenvalue weighted by Gasteiger charge is -2.08. The van der Waals surface area contributed by atoms with E-state index in [1.165, 1.54) is 4.90 Å². The van der Waals surface area contributed by atoms with E-state index in [1.807, 2.05) is 42.7 Å². The van der Waals surface area contributed by atoms with Crippen molar-refractivity contribution in [3.8, 4) is 5.82 Å². The molecule has 2 aromatic rings. The van der Waals surface area contributed by atoms with Crippen LogP contribution in [0.1, 0.15) is 23.9 Å². The Kier molecular flexibility index (Phi) is 4.09. The summed E-state index contributed by atoms with van der Waals surface area (Å²) in [7, 11) is 0. The smallest absolute Gasteiger partial charge is 0.293 e. The maximum absolute atomic E-state index is 12.2. The molecule has 1 aliphatic rings. The van der Waals surface area contributed by atoms with E-state index >= 15 is 0 Å². The molecule has 1 fully saturated rings. The summed E-state index contributed by atoms with van der Waals surface area (Å²) in [5, 5.41) is -0.206. The number of imide groups is 1. The fraction of sp³-hybridized carbons (Fsp3) is 0.235. The molecule has 0 aliphatic carbocycles. The van der Waals surface area contributed by atoms with Gasteiger partial charge in [-0.25, -0.2) is 4.98 Å². The Bertz CT molecular complexity index is 809. The Morgan fingerprint density at radius 3 is 2.65 bits per heavy atom. The number of hydrogen-bond donors (Lipinski definition) is 0. The van der Waals surface area contributed by atoms with Crippen LogP contribution in [0, 0.1) is 13.8 Å². The largest absolute Gasteiger partial charge is 0.303 e. The van der Waals surface area contributed by atoms with Gasteiger partial charge < -0.3 is 4.57 Å². The van der Waals surface area contributed by atoms with Crippen molar-refractivity contribution in [2.75, 3.05) is 6.54 Å². The highest BCUT2D eigenvalue weighted by Gasteiger charge is 2.33. The van der Waals surface area contributed by atoms with Gasteiger partial charge in [0.2, 0.25) is 0 Å². The van der Waals surface area contributed by atoms with Crippen LogP contribution in [-0.4, -0.2) is 32.1 Å². The molecule has 0 radical (unpaired) electrons. The fourth-order valence-corrected chi connectivity index (χ4v) is 3.58. The summed E-state index contributed by atoms with van der Waals surface area (Å²) in [4.78, 5) is 30.1. The zero-order chi connectivity index (χ0) is 16.6. The summed E-state index contributed by atoms with van der Waals surface area (Å²) in [6, 6.07) is 7.76. The number of pyridine rings is 1. The van der Waals surface area contributed by atoms with Crippen LogP contribution in [0.3, 0.4) is 0 Å². The molecule has 3 heterocycles. The van der Waals surface area contributed by atoms with E-state index in [-0.39, 0.29) is 11.1 Å². The lowest BCUT2D eigenvalue weighted by molar-refractivity contribution is -0.122. The van der Waals surface area contributed by atoms with Crippen LogP contribution < -0.4 is 0 Å². The first kappa shape index (κ1) is 15.6. The molecule has 2 aromatic heterocycles. The third-order valence-electron chi connectivity index (χ3n) is 3.83. The highest BCUT2D eigenvalue weighted by molar-refractivity contribution is 8.18. The minimum Gasteiger partial charge on any atom is -0.303 e. The average molecular weight is 327 g/mol. The quantitative estimate of drug-likeness (QED) is 0.809. The first-order valence-electron chi connectivity index (χ1n) is 7.38. The van der Waals surface area contributed by atoms with Crippen molar-refractivity contribution in [3.05, 3.63) is 52.3 Å². The molecule has 1 saturated heterocycles. The molecule has 118 valence electrons. The molecular weight excluding hydrogens is 310 g/mol. The third kappa shape index (κ3) is 2.70. The van der Waals surface area contributed by atoms with Crippen LogP contribution in [0.25, 0.3) is 11.9 Å². The Morgan fingerprint density at radius 2 is 2.04 bits per heavy atom. The van der Waals surface area contributed by atoms with E-state index in [4.69, 9.17) is 0 Å². The van der Waals surface area contributed by atoms with Gasteiger partial charge in [-0.1, -0.05) is 6.07 Å². The number of hydrogen-bond acceptors (Lipinski definition) is 4. The third-order valence-corrected chi connectivity index (χ3v) is 4.73. The second-order valence-electron chi connectivity index (χ2n) is 5.28. The van der Waals surface area contributed by atoms with Gasteiger partial charge in [0.05, 0.1) is 4.91 Å². The maximum atomic E-state index is 12.2. The van der Waals surface area contributed by atoms with Gasteiger partial charge in [-0.05, 0) is 62.4 Å². The van der Waals surface area contributed by atoms with E-state index in [2.05, 4.69) is 4.98 Å². The van der Waals surface area contributed by atoms with Gasteiger partial charge in [0, 0.05) is 24.1 Å². The van der Waals surface area contributed by atoms with Crippen molar-refractivity contribution in [2.24, 2.45) is 0 Å². The molecule has 2 amide bonds. The minimum atomic E-state index is -0.217. The summed E-state index contributed by atoms with van der Waals surface area (Å²) in [6.45, 7) is 6.18. The van der Waals surface area contributed by atoms with E-state index in [0.29, 0.717) is 11.4 Å². The van der Waals surface area contributed by atoms with Crippen molar-refractivity contribution in [1.82, 2.24) is 14.5 Å². The lowest BCUT2D eigenvalue weighted by atomic mass is 10.2. The fourth-order valence-electron chi connectivity index (χ4n) is 2.69. The van der Waals surface area contributed by atoms with Crippen molar-refractivity contribution in [3.63, 3.8) is 0 Å². The molecule has 0 atom stereocenters. The molecular formula is C17H17N3O2S. The van der Waals surface area contributed by atoms with Crippen LogP contribution in [0.15, 0.2) is 35.4 Å². The normalized spacial score (nSPS) is 16.7. The summed E-state index contributed by atoms with van der Waals surface area (Å²) in [5.74, 6) is 0.619. The van der Waals surface area contributed by atoms with Gasteiger partial charge in [-0.15, -0.1) is 0 Å². The molecule has 6 heteroatoms. The Hall–Kier alpha value is -2.34. The number of carbonyl (C=O) groups excluding carboxylic acids is 2. The second-order valence-corrected chi connectivity index (χ2v) is 6.27. The highest BCUT2D eigenvalue weighted by Crippen LogP contribution is 2.33. The van der Waals surface area contributed by atoms with Gasteiger partial charge in [0.15, 0.2) is 0 Å². The average Bonchev–Trinajstić information content (AvgIpc) is 2.96. The molecule has 23 heavy (non-hydrogen) atoms. The minimum absolute atomic E-state index is 0.206. The zero-order valence-corrected chi connectivity index (χ0v) is 14.1. The van der Waals surface area contributed by atoms with Gasteiger partial charge in [0.1, 0.15) is 5.82 Å². The molecule has 3 rings (SSSR count). The van der Waals surface area contributed by atoms with Crippen LogP contribution in [0.2, 0.25) is 0 Å². The lowest BCUT2D eigenvalue weighted by Crippen LogP contribution is -2.27. The second kappa shape index (κ2) is 6.04. The Balaban J connectivity index is 2.02. The van der Waals surface area contributed by atoms with Crippen molar-refractivity contribution < 1.29 is 9.59 Å². The summed E-state index contributed by atoms with van der Waals surface area (Å²) in [6.07, 6.45) is 3.54. The molecule has 0 saturated carbocycles. The SMILES string of the molecule is CCN1C(=O)S/C(=C\c2cc(C)n(-c3ccccn3)c2C)C1=O. The predicted octanol–water partition coefficient (Wildman–Crippen LogP) is 3.55. The van der Waals surface area contributed by atoms with Crippen LogP contribution in [-0.2, 0) is 4.79 Å². The number of nitrogens with zero attached hydrogens (tertiary/aromatic N) is 3. The van der Waals surface area contributed by atoms with E-state index < -0.39 is 0 Å². The molecule has 0 unspecified atom stereocenters. The molecule has 0 N–H and O–H groups in total. The Labute approximate surface area is 139 Å². The predicted molar refractivity (Wildman–Crippen MR) is 91.4 cm³/mol. The number of likely N-dealkylation sites (N-methyl/N-ethyl adjacent to an activating group) is 1. The van der Waals surface area contributed by atoms with Crippen LogP contribution >= 0.6 is 11.8 Å². The van der Waals surface area contributed by atoms with Gasteiger partial charge in [0.25, 0.3) is 11.1 Å². The number of aromatic nitrogens is 2. The standard InChI is InChI=1S/C17H17N3O2S/c1-4-19-16(21)14(23-17(19)22)10-13-9-11(2)20(12(13)3)15-7-5-6-8-18-15/h5-10H,4H2,1-3H3/b14-10-. The first-order chi connectivity index (χ1) is 11.0. The van der Waals surface area contributed by atoms with Crippen molar-refractivity contribution in [2.45, 2.75) is 20.8 Å². The number of carbonyl (C=O) groups is 2. The zero-order valence-electron chi connectivity index (χ0n) is 13.2. The highest BCUT2D eigenvalue weighted by atomic mass is 32.2. The molecule has 0 spiro atoms. The summed E-state index contributed by atoms with van der Waals surface area (Å²) < 4.78 is 2.04. The van der Waals surface area contributed by atoms with Gasteiger partial charge in [-0.3, -0.25) is 14.5 Å². The van der Waals surface area contributed by atoms with Crippen molar-refractivity contribution in [1.29, 1.82) is 0 Å². The topological polar surface area (TPSA) is 55.2 Å². The van der Waals surface area contributed by atoms with E-state index in [1.54, 1.807) is 19.2 Å². The summed E-state index contributed by atoms with van der Waals surface area (Å²) >= 11 is 0.994. The van der Waals surface area contributed by atoms with E-state index in [0.717, 1.165) is 34.5 Å². The monoisotopic (exact) mass is 327 g/mol. The molecule has 5 nitrogen and oxygen atoms in total. The van der Waals surface area contributed by atoms with Crippen molar-refractivity contribution >= 4 is 29.0 Å². The molecule has 0 bridgehead atoms. The van der Waals surface area contributed by atoms with Crippen LogP contribution in [0.4, 0.5) is 4.79 Å². The number of aryl methyl sites for hydroxylation is 1. The molecule has 0 aromatic carbocycles. The van der Waals surface area contributed by atoms with Gasteiger partial charge >= 0.3 is 0 Å². The number of rotatable bonds is 3.